The van der Waals surface area contributed by atoms with Crippen molar-refractivity contribution < 1.29 is 19.1 Å². The van der Waals surface area contributed by atoms with E-state index >= 15 is 0 Å². The van der Waals surface area contributed by atoms with Crippen molar-refractivity contribution in [1.82, 2.24) is 0 Å². The first kappa shape index (κ1) is 14.2. The van der Waals surface area contributed by atoms with Crippen LogP contribution in [-0.2, 0) is 25.5 Å². The lowest BCUT2D eigenvalue weighted by atomic mass is 10.0. The Kier molecular flexibility index (Phi) is 5.36. The van der Waals surface area contributed by atoms with Crippen LogP contribution in [0.15, 0.2) is 30.3 Å². The SMILES string of the molecule is CC(=O)OC(C)C(Cc1ccccc1)OC(C)=O. The van der Waals surface area contributed by atoms with E-state index in [-0.39, 0.29) is 11.9 Å². The van der Waals surface area contributed by atoms with E-state index < -0.39 is 12.2 Å². The Labute approximate surface area is 107 Å². The van der Waals surface area contributed by atoms with Gasteiger partial charge in [0.25, 0.3) is 0 Å². The van der Waals surface area contributed by atoms with Crippen molar-refractivity contribution in [2.75, 3.05) is 0 Å². The third kappa shape index (κ3) is 4.99. The van der Waals surface area contributed by atoms with Gasteiger partial charge in [0, 0.05) is 20.3 Å². The summed E-state index contributed by atoms with van der Waals surface area (Å²) in [5, 5.41) is 0. The molecule has 0 spiro atoms. The third-order valence-electron chi connectivity index (χ3n) is 2.47. The van der Waals surface area contributed by atoms with Gasteiger partial charge in [-0.3, -0.25) is 9.59 Å². The summed E-state index contributed by atoms with van der Waals surface area (Å²) in [7, 11) is 0. The fourth-order valence-electron chi connectivity index (χ4n) is 1.70. The molecule has 0 fully saturated rings. The molecule has 0 aliphatic carbocycles. The van der Waals surface area contributed by atoms with Gasteiger partial charge in [-0.05, 0) is 12.5 Å². The molecule has 0 heterocycles. The molecule has 0 radical (unpaired) electrons. The molecule has 18 heavy (non-hydrogen) atoms. The first-order valence-corrected chi connectivity index (χ1v) is 5.87. The van der Waals surface area contributed by atoms with Gasteiger partial charge in [0.15, 0.2) is 0 Å². The van der Waals surface area contributed by atoms with Gasteiger partial charge < -0.3 is 9.47 Å². The molecule has 1 aromatic carbocycles. The highest BCUT2D eigenvalue weighted by atomic mass is 16.6. The number of esters is 2. The van der Waals surface area contributed by atoms with Crippen LogP contribution in [0.3, 0.4) is 0 Å². The van der Waals surface area contributed by atoms with Gasteiger partial charge in [0.2, 0.25) is 0 Å². The van der Waals surface area contributed by atoms with Crippen molar-refractivity contribution in [1.29, 1.82) is 0 Å². The number of hydrogen-bond donors (Lipinski definition) is 0. The molecule has 0 amide bonds. The van der Waals surface area contributed by atoms with Crippen LogP contribution < -0.4 is 0 Å². The minimum Gasteiger partial charge on any atom is -0.459 e. The van der Waals surface area contributed by atoms with E-state index in [4.69, 9.17) is 9.47 Å². The fourth-order valence-corrected chi connectivity index (χ4v) is 1.70. The molecule has 2 unspecified atom stereocenters. The Balaban J connectivity index is 2.71. The number of carbonyl (C=O) groups excluding carboxylic acids is 2. The highest BCUT2D eigenvalue weighted by Gasteiger charge is 2.23. The predicted molar refractivity (Wildman–Crippen MR) is 66.9 cm³/mol. The second-order valence-electron chi connectivity index (χ2n) is 4.15. The molecule has 0 aliphatic heterocycles. The number of ether oxygens (including phenoxy) is 2. The summed E-state index contributed by atoms with van der Waals surface area (Å²) in [6.45, 7) is 4.40. The Morgan fingerprint density at radius 1 is 1.06 bits per heavy atom. The normalized spacial score (nSPS) is 13.5. The van der Waals surface area contributed by atoms with Crippen LogP contribution in [-0.4, -0.2) is 24.1 Å². The number of benzene rings is 1. The third-order valence-corrected chi connectivity index (χ3v) is 2.47. The van der Waals surface area contributed by atoms with E-state index in [1.165, 1.54) is 13.8 Å². The first-order valence-electron chi connectivity index (χ1n) is 5.87. The molecular formula is C14H18O4. The summed E-state index contributed by atoms with van der Waals surface area (Å²) in [6.07, 6.45) is -0.407. The van der Waals surface area contributed by atoms with Gasteiger partial charge >= 0.3 is 11.9 Å². The lowest BCUT2D eigenvalue weighted by Crippen LogP contribution is -2.33. The average Bonchev–Trinajstić information content (AvgIpc) is 2.28. The van der Waals surface area contributed by atoms with Crippen molar-refractivity contribution >= 4 is 11.9 Å². The van der Waals surface area contributed by atoms with E-state index in [9.17, 15) is 9.59 Å². The maximum absolute atomic E-state index is 11.1. The lowest BCUT2D eigenvalue weighted by Gasteiger charge is -2.23. The van der Waals surface area contributed by atoms with Gasteiger partial charge in [-0.25, -0.2) is 0 Å². The maximum Gasteiger partial charge on any atom is 0.303 e. The minimum absolute atomic E-state index is 0.380. The van der Waals surface area contributed by atoms with Crippen molar-refractivity contribution in [2.45, 2.75) is 39.4 Å². The number of hydrogen-bond acceptors (Lipinski definition) is 4. The minimum atomic E-state index is -0.466. The highest BCUT2D eigenvalue weighted by Crippen LogP contribution is 2.12. The largest absolute Gasteiger partial charge is 0.459 e. The number of rotatable bonds is 5. The molecule has 1 aromatic rings. The summed E-state index contributed by atoms with van der Waals surface area (Å²) in [4.78, 5) is 22.0. The van der Waals surface area contributed by atoms with Gasteiger partial charge in [-0.1, -0.05) is 30.3 Å². The predicted octanol–water partition coefficient (Wildman–Crippen LogP) is 2.11. The summed E-state index contributed by atoms with van der Waals surface area (Å²) < 4.78 is 10.3. The molecule has 0 aliphatic rings. The standard InChI is InChI=1S/C14H18O4/c1-10(17-11(2)15)14(18-12(3)16)9-13-7-5-4-6-8-13/h4-8,10,14H,9H2,1-3H3. The van der Waals surface area contributed by atoms with Crippen LogP contribution in [0.4, 0.5) is 0 Å². The van der Waals surface area contributed by atoms with E-state index in [0.29, 0.717) is 6.42 Å². The molecule has 2 atom stereocenters. The van der Waals surface area contributed by atoms with Gasteiger partial charge in [-0.15, -0.1) is 0 Å². The van der Waals surface area contributed by atoms with Gasteiger partial charge in [-0.2, -0.15) is 0 Å². The Hall–Kier alpha value is -1.84. The van der Waals surface area contributed by atoms with Crippen molar-refractivity contribution in [3.05, 3.63) is 35.9 Å². The zero-order chi connectivity index (χ0) is 13.5. The van der Waals surface area contributed by atoms with Crippen LogP contribution in [0, 0.1) is 0 Å². The van der Waals surface area contributed by atoms with Crippen molar-refractivity contribution in [2.24, 2.45) is 0 Å². The molecule has 0 saturated heterocycles. The van der Waals surface area contributed by atoms with Crippen LogP contribution in [0.25, 0.3) is 0 Å². The first-order chi connectivity index (χ1) is 8.49. The van der Waals surface area contributed by atoms with Crippen molar-refractivity contribution in [3.63, 3.8) is 0 Å². The summed E-state index contributed by atoms with van der Waals surface area (Å²) in [5.41, 5.74) is 1.03. The quantitative estimate of drug-likeness (QED) is 0.751. The summed E-state index contributed by atoms with van der Waals surface area (Å²) >= 11 is 0. The van der Waals surface area contributed by atoms with E-state index in [0.717, 1.165) is 5.56 Å². The maximum atomic E-state index is 11.1. The zero-order valence-electron chi connectivity index (χ0n) is 10.9. The molecular weight excluding hydrogens is 232 g/mol. The fraction of sp³-hybridized carbons (Fsp3) is 0.429. The lowest BCUT2D eigenvalue weighted by molar-refractivity contribution is -0.163. The Morgan fingerprint density at radius 3 is 2.11 bits per heavy atom. The second-order valence-corrected chi connectivity index (χ2v) is 4.15. The van der Waals surface area contributed by atoms with Gasteiger partial charge in [0.05, 0.1) is 0 Å². The van der Waals surface area contributed by atoms with E-state index in [2.05, 4.69) is 0 Å². The summed E-state index contributed by atoms with van der Waals surface area (Å²) in [5.74, 6) is -0.761. The molecule has 0 aromatic heterocycles. The van der Waals surface area contributed by atoms with Crippen LogP contribution >= 0.6 is 0 Å². The summed E-state index contributed by atoms with van der Waals surface area (Å²) in [6, 6.07) is 9.63. The highest BCUT2D eigenvalue weighted by molar-refractivity contribution is 5.67. The Bertz CT molecular complexity index is 400. The molecule has 0 saturated carbocycles. The van der Waals surface area contributed by atoms with E-state index in [1.807, 2.05) is 30.3 Å². The molecule has 0 bridgehead atoms. The zero-order valence-corrected chi connectivity index (χ0v) is 10.9. The van der Waals surface area contributed by atoms with Crippen LogP contribution in [0.1, 0.15) is 26.3 Å². The molecule has 0 N–H and O–H groups in total. The van der Waals surface area contributed by atoms with Crippen LogP contribution in [0.5, 0.6) is 0 Å². The topological polar surface area (TPSA) is 52.6 Å². The van der Waals surface area contributed by atoms with Crippen molar-refractivity contribution in [3.8, 4) is 0 Å². The second kappa shape index (κ2) is 6.79. The molecule has 98 valence electrons. The van der Waals surface area contributed by atoms with Crippen LogP contribution in [0.2, 0.25) is 0 Å². The molecule has 1 rings (SSSR count). The average molecular weight is 250 g/mol. The van der Waals surface area contributed by atoms with E-state index in [1.54, 1.807) is 6.92 Å². The Morgan fingerprint density at radius 2 is 1.61 bits per heavy atom. The molecule has 4 heteroatoms. The molecule has 4 nitrogen and oxygen atoms in total. The monoisotopic (exact) mass is 250 g/mol. The smallest absolute Gasteiger partial charge is 0.303 e. The van der Waals surface area contributed by atoms with Gasteiger partial charge in [0.1, 0.15) is 12.2 Å². The number of carbonyl (C=O) groups is 2.